The topological polar surface area (TPSA) is 75.7 Å². The number of carbonyl (C=O) groups excluding carboxylic acids is 3. The van der Waals surface area contributed by atoms with Crippen molar-refractivity contribution in [2.75, 3.05) is 11.5 Å². The average Bonchev–Trinajstić information content (AvgIpc) is 2.74. The van der Waals surface area contributed by atoms with E-state index in [2.05, 4.69) is 44.1 Å². The van der Waals surface area contributed by atoms with Crippen LogP contribution in [0.25, 0.3) is 6.08 Å². The third kappa shape index (κ3) is 5.63. The molecular weight excluding hydrogens is 547 g/mol. The molecular formula is C23H21Br2FN2O4. The van der Waals surface area contributed by atoms with Crippen molar-refractivity contribution in [2.24, 2.45) is 0 Å². The zero-order valence-corrected chi connectivity index (χ0v) is 20.5. The minimum Gasteiger partial charge on any atom is -0.491 e. The molecule has 0 bridgehead atoms. The predicted octanol–water partition coefficient (Wildman–Crippen LogP) is 5.98. The molecule has 4 amide bonds. The van der Waals surface area contributed by atoms with Crippen LogP contribution in [0.15, 0.2) is 50.9 Å². The van der Waals surface area contributed by atoms with E-state index in [0.29, 0.717) is 26.9 Å². The smallest absolute Gasteiger partial charge is 0.335 e. The summed E-state index contributed by atoms with van der Waals surface area (Å²) >= 11 is 6.94. The minimum atomic E-state index is -0.891. The summed E-state index contributed by atoms with van der Waals surface area (Å²) in [6, 6.07) is 7.39. The number of anilines is 1. The molecule has 1 fully saturated rings. The molecule has 3 rings (SSSR count). The number of hydrogen-bond donors (Lipinski definition) is 1. The molecule has 0 atom stereocenters. The Hall–Kier alpha value is -2.52. The fourth-order valence-electron chi connectivity index (χ4n) is 3.15. The van der Waals surface area contributed by atoms with Gasteiger partial charge in [0.25, 0.3) is 11.8 Å². The number of amides is 4. The molecule has 0 aromatic heterocycles. The van der Waals surface area contributed by atoms with E-state index in [1.165, 1.54) is 18.2 Å². The lowest BCUT2D eigenvalue weighted by molar-refractivity contribution is -0.122. The number of nitrogens with zero attached hydrogens (tertiary/aromatic N) is 1. The second kappa shape index (κ2) is 10.9. The number of hydrogen-bond acceptors (Lipinski definition) is 4. The monoisotopic (exact) mass is 566 g/mol. The fourth-order valence-corrected chi connectivity index (χ4v) is 4.60. The van der Waals surface area contributed by atoms with Gasteiger partial charge in [-0.3, -0.25) is 14.9 Å². The van der Waals surface area contributed by atoms with Crippen molar-refractivity contribution >= 4 is 61.5 Å². The highest BCUT2D eigenvalue weighted by Gasteiger charge is 2.36. The summed E-state index contributed by atoms with van der Waals surface area (Å²) in [5.41, 5.74) is 0.483. The Morgan fingerprint density at radius 2 is 1.69 bits per heavy atom. The Morgan fingerprint density at radius 1 is 1.03 bits per heavy atom. The molecule has 0 aliphatic carbocycles. The molecule has 1 saturated heterocycles. The van der Waals surface area contributed by atoms with E-state index in [1.54, 1.807) is 12.1 Å². The molecule has 0 spiro atoms. The first kappa shape index (κ1) is 24.1. The van der Waals surface area contributed by atoms with E-state index in [0.717, 1.165) is 42.7 Å². The van der Waals surface area contributed by atoms with Crippen LogP contribution in [0.2, 0.25) is 0 Å². The van der Waals surface area contributed by atoms with Gasteiger partial charge in [0.1, 0.15) is 17.1 Å². The van der Waals surface area contributed by atoms with E-state index in [-0.39, 0.29) is 11.3 Å². The van der Waals surface area contributed by atoms with Crippen molar-refractivity contribution in [3.8, 4) is 5.75 Å². The summed E-state index contributed by atoms with van der Waals surface area (Å²) in [6.45, 7) is 2.72. The van der Waals surface area contributed by atoms with Crippen LogP contribution in [-0.4, -0.2) is 24.5 Å². The second-order valence-electron chi connectivity index (χ2n) is 7.16. The summed E-state index contributed by atoms with van der Waals surface area (Å²) in [5, 5.41) is 2.15. The van der Waals surface area contributed by atoms with Crippen molar-refractivity contribution in [3.63, 3.8) is 0 Å². The molecule has 168 valence electrons. The van der Waals surface area contributed by atoms with Crippen LogP contribution in [0.1, 0.15) is 38.2 Å². The van der Waals surface area contributed by atoms with E-state index < -0.39 is 23.7 Å². The van der Waals surface area contributed by atoms with Crippen LogP contribution in [0, 0.1) is 5.82 Å². The molecule has 9 heteroatoms. The molecule has 0 unspecified atom stereocenters. The van der Waals surface area contributed by atoms with E-state index in [9.17, 15) is 18.8 Å². The molecule has 0 saturated carbocycles. The largest absolute Gasteiger partial charge is 0.491 e. The summed E-state index contributed by atoms with van der Waals surface area (Å²) in [5.74, 6) is -1.48. The van der Waals surface area contributed by atoms with Gasteiger partial charge in [-0.05, 0) is 86.3 Å². The van der Waals surface area contributed by atoms with Gasteiger partial charge in [-0.1, -0.05) is 26.2 Å². The number of imide groups is 2. The molecule has 1 heterocycles. The summed E-state index contributed by atoms with van der Waals surface area (Å²) in [4.78, 5) is 38.3. The summed E-state index contributed by atoms with van der Waals surface area (Å²) in [7, 11) is 0. The molecule has 0 radical (unpaired) electrons. The zero-order valence-electron chi connectivity index (χ0n) is 17.3. The normalized spacial score (nSPS) is 15.3. The lowest BCUT2D eigenvalue weighted by atomic mass is 10.1. The number of nitrogens with one attached hydrogen (secondary N) is 1. The summed E-state index contributed by atoms with van der Waals surface area (Å²) in [6.07, 6.45) is 5.73. The maximum Gasteiger partial charge on any atom is 0.335 e. The SMILES string of the molecule is CCCCCCOc1c(Br)cc(/C=C2\C(=O)NC(=O)N(c3ccc(F)cc3)C2=O)cc1Br. The maximum absolute atomic E-state index is 13.2. The summed E-state index contributed by atoms with van der Waals surface area (Å²) < 4.78 is 20.4. The average molecular weight is 568 g/mol. The number of carbonyl (C=O) groups is 3. The van der Waals surface area contributed by atoms with Gasteiger partial charge >= 0.3 is 6.03 Å². The Balaban J connectivity index is 1.84. The molecule has 2 aromatic carbocycles. The number of urea groups is 1. The van der Waals surface area contributed by atoms with Crippen LogP contribution >= 0.6 is 31.9 Å². The van der Waals surface area contributed by atoms with Gasteiger partial charge in [0.2, 0.25) is 0 Å². The number of barbiturate groups is 1. The number of benzene rings is 2. The Bertz CT molecular complexity index is 1050. The van der Waals surface area contributed by atoms with Gasteiger partial charge in [0.05, 0.1) is 21.2 Å². The number of halogens is 3. The number of ether oxygens (including phenoxy) is 1. The Labute approximate surface area is 202 Å². The molecule has 6 nitrogen and oxygen atoms in total. The lowest BCUT2D eigenvalue weighted by Gasteiger charge is -2.26. The van der Waals surface area contributed by atoms with Crippen LogP contribution in [0.4, 0.5) is 14.9 Å². The highest BCUT2D eigenvalue weighted by molar-refractivity contribution is 9.11. The molecule has 1 aliphatic heterocycles. The van der Waals surface area contributed by atoms with Gasteiger partial charge < -0.3 is 4.74 Å². The van der Waals surface area contributed by atoms with E-state index in [1.807, 2.05) is 0 Å². The first-order valence-corrected chi connectivity index (χ1v) is 11.7. The van der Waals surface area contributed by atoms with Crippen molar-refractivity contribution in [1.82, 2.24) is 5.32 Å². The first-order chi connectivity index (χ1) is 15.3. The molecule has 1 aliphatic rings. The fraction of sp³-hybridized carbons (Fsp3) is 0.261. The third-order valence-corrected chi connectivity index (χ3v) is 5.94. The lowest BCUT2D eigenvalue weighted by Crippen LogP contribution is -2.54. The quantitative estimate of drug-likeness (QED) is 0.242. The van der Waals surface area contributed by atoms with Gasteiger partial charge in [-0.25, -0.2) is 14.1 Å². The van der Waals surface area contributed by atoms with Crippen molar-refractivity contribution in [3.05, 3.63) is 62.3 Å². The van der Waals surface area contributed by atoms with Gasteiger partial charge in [0, 0.05) is 0 Å². The first-order valence-electron chi connectivity index (χ1n) is 10.1. The highest BCUT2D eigenvalue weighted by atomic mass is 79.9. The van der Waals surface area contributed by atoms with Gasteiger partial charge in [-0.2, -0.15) is 0 Å². The maximum atomic E-state index is 13.2. The van der Waals surface area contributed by atoms with Crippen molar-refractivity contribution < 1.29 is 23.5 Å². The standard InChI is InChI=1S/C23H21Br2FN2O4/c1-2-3-4-5-10-32-20-18(24)12-14(13-19(20)25)11-17-21(29)27-23(31)28(22(17)30)16-8-6-15(26)7-9-16/h6-9,11-13H,2-5,10H2,1H3,(H,27,29,31)/b17-11+. The minimum absolute atomic E-state index is 0.154. The predicted molar refractivity (Wildman–Crippen MR) is 127 cm³/mol. The van der Waals surface area contributed by atoms with Crippen molar-refractivity contribution in [1.29, 1.82) is 0 Å². The molecule has 32 heavy (non-hydrogen) atoms. The van der Waals surface area contributed by atoms with Gasteiger partial charge in [0.15, 0.2) is 0 Å². The third-order valence-electron chi connectivity index (χ3n) is 4.76. The van der Waals surface area contributed by atoms with Gasteiger partial charge in [-0.15, -0.1) is 0 Å². The van der Waals surface area contributed by atoms with E-state index >= 15 is 0 Å². The molecule has 2 aromatic rings. The Kier molecular flexibility index (Phi) is 8.20. The number of unbranched alkanes of at least 4 members (excludes halogenated alkanes) is 3. The van der Waals surface area contributed by atoms with Crippen LogP contribution in [-0.2, 0) is 9.59 Å². The van der Waals surface area contributed by atoms with E-state index in [4.69, 9.17) is 4.74 Å². The van der Waals surface area contributed by atoms with Crippen LogP contribution in [0.3, 0.4) is 0 Å². The highest BCUT2D eigenvalue weighted by Crippen LogP contribution is 2.36. The molecule has 1 N–H and O–H groups in total. The van der Waals surface area contributed by atoms with Crippen LogP contribution in [0.5, 0.6) is 5.75 Å². The number of rotatable bonds is 8. The zero-order chi connectivity index (χ0) is 23.3. The Morgan fingerprint density at radius 3 is 2.31 bits per heavy atom. The van der Waals surface area contributed by atoms with Crippen molar-refractivity contribution in [2.45, 2.75) is 32.6 Å². The van der Waals surface area contributed by atoms with Crippen LogP contribution < -0.4 is 15.0 Å². The second-order valence-corrected chi connectivity index (χ2v) is 8.87.